The number of benzene rings is 19. The van der Waals surface area contributed by atoms with Crippen molar-refractivity contribution in [3.63, 3.8) is 0 Å². The Morgan fingerprint density at radius 2 is 0.489 bits per heavy atom. The van der Waals surface area contributed by atoms with Gasteiger partial charge >= 0.3 is 0 Å². The molecule has 0 unspecified atom stereocenters. The lowest BCUT2D eigenvalue weighted by Gasteiger charge is -2.15. The molecule has 7 aromatic heterocycles. The highest BCUT2D eigenvalue weighted by Gasteiger charge is 2.22. The Morgan fingerprint density at radius 3 is 1.01 bits per heavy atom. The molecule has 0 aliphatic heterocycles. The van der Waals surface area contributed by atoms with Crippen molar-refractivity contribution in [3.05, 3.63) is 468 Å². The molecule has 0 saturated carbocycles. The third-order valence-electron chi connectivity index (χ3n) is 25.4. The largest absolute Gasteiger partial charge is 0.256 e. The van der Waals surface area contributed by atoms with Crippen LogP contribution >= 0.6 is 11.3 Å². The van der Waals surface area contributed by atoms with Crippen molar-refractivity contribution >= 4 is 129 Å². The van der Waals surface area contributed by atoms with E-state index < -0.39 is 0 Å². The van der Waals surface area contributed by atoms with Gasteiger partial charge in [-0.15, -0.1) is 11.3 Å². The molecule has 0 atom stereocenters. The van der Waals surface area contributed by atoms with E-state index in [1.165, 1.54) is 92.1 Å². The quantitative estimate of drug-likeness (QED) is 0.110. The van der Waals surface area contributed by atoms with E-state index in [4.69, 9.17) is 39.9 Å². The summed E-state index contributed by atoms with van der Waals surface area (Å²) in [6.07, 6.45) is 5.61. The SMILES string of the molecule is c1ccc(-c2nc(-c3cccc(-c4cccc(-c5cccc6c5ccc5cccnc56)c4)c3)nc3c2sc2ccccc23)cc1.c1ccc(-c2nc(-c3cccc(-c4cccc(-c5cccc6c5ccc5cccnc56)c4)c3)nc3ccccc23)cc1.c1ccc(-c2nc3ccccc3nc2-c2ccc(-c3ccc(-c4cccc5c4ccc4cccnc45)c4ccccc34)cc2)cc1. The molecule has 0 bridgehead atoms. The summed E-state index contributed by atoms with van der Waals surface area (Å²) in [7, 11) is 0. The molecular weight excluding hydrogens is 1640 g/mol. The van der Waals surface area contributed by atoms with Crippen LogP contribution in [0.1, 0.15) is 0 Å². The molecule has 26 rings (SSSR count). The normalized spacial score (nSPS) is 11.5. The summed E-state index contributed by atoms with van der Waals surface area (Å²) < 4.78 is 2.34. The molecule has 9 nitrogen and oxygen atoms in total. The van der Waals surface area contributed by atoms with Gasteiger partial charge in [-0.1, -0.05) is 382 Å². The maximum atomic E-state index is 5.19. The van der Waals surface area contributed by atoms with E-state index in [2.05, 4.69) is 369 Å². The van der Waals surface area contributed by atoms with Crippen LogP contribution in [0, 0.1) is 0 Å². The van der Waals surface area contributed by atoms with Crippen LogP contribution in [0.5, 0.6) is 0 Å². The molecule has 10 heteroatoms. The minimum absolute atomic E-state index is 0.721. The number of nitrogens with zero attached hydrogens (tertiary/aromatic N) is 9. The third-order valence-corrected chi connectivity index (χ3v) is 26.5. The van der Waals surface area contributed by atoms with Gasteiger partial charge < -0.3 is 0 Å². The van der Waals surface area contributed by atoms with Gasteiger partial charge in [-0.3, -0.25) is 15.0 Å². The monoisotopic (exact) mass is 1710 g/mol. The van der Waals surface area contributed by atoms with Crippen molar-refractivity contribution in [2.24, 2.45) is 0 Å². The molecule has 0 amide bonds. The van der Waals surface area contributed by atoms with Crippen molar-refractivity contribution in [1.82, 2.24) is 44.9 Å². The Bertz CT molecular complexity index is 9040. The molecule has 0 saturated heterocycles. The van der Waals surface area contributed by atoms with E-state index in [9.17, 15) is 0 Å². The first-order valence-electron chi connectivity index (χ1n) is 44.7. The van der Waals surface area contributed by atoms with Crippen LogP contribution < -0.4 is 0 Å². The minimum Gasteiger partial charge on any atom is -0.256 e. The minimum atomic E-state index is 0.721. The number of thiophene rings is 1. The lowest BCUT2D eigenvalue weighted by molar-refractivity contribution is 1.23. The van der Waals surface area contributed by atoms with Crippen LogP contribution in [0.4, 0.5) is 0 Å². The molecule has 0 aliphatic rings. The predicted molar refractivity (Wildman–Crippen MR) is 555 cm³/mol. The third kappa shape index (κ3) is 14.9. The smallest absolute Gasteiger partial charge is 0.160 e. The summed E-state index contributed by atoms with van der Waals surface area (Å²) in [5.41, 5.74) is 30.9. The number of rotatable bonds is 12. The molecule has 620 valence electrons. The van der Waals surface area contributed by atoms with Gasteiger partial charge in [-0.25, -0.2) is 29.9 Å². The molecule has 26 aromatic rings. The Morgan fingerprint density at radius 1 is 0.158 bits per heavy atom. The van der Waals surface area contributed by atoms with Gasteiger partial charge in [-0.05, 0) is 160 Å². The van der Waals surface area contributed by atoms with E-state index in [0.717, 1.165) is 160 Å². The number of fused-ring (bicyclic) bond motifs is 15. The first-order chi connectivity index (χ1) is 65.9. The molecule has 0 aliphatic carbocycles. The van der Waals surface area contributed by atoms with Gasteiger partial charge in [0.1, 0.15) is 0 Å². The van der Waals surface area contributed by atoms with Gasteiger partial charge in [-0.2, -0.15) is 0 Å². The second kappa shape index (κ2) is 34.2. The average Bonchev–Trinajstić information content (AvgIpc) is 1.75. The number of hydrogen-bond acceptors (Lipinski definition) is 10. The van der Waals surface area contributed by atoms with Crippen LogP contribution in [0.3, 0.4) is 0 Å². The molecule has 0 fully saturated rings. The van der Waals surface area contributed by atoms with E-state index in [1.54, 1.807) is 11.3 Å². The molecule has 7 heterocycles. The maximum Gasteiger partial charge on any atom is 0.160 e. The van der Waals surface area contributed by atoms with E-state index in [0.29, 0.717) is 0 Å². The summed E-state index contributed by atoms with van der Waals surface area (Å²) in [5, 5.41) is 15.2. The van der Waals surface area contributed by atoms with Crippen LogP contribution in [0.2, 0.25) is 0 Å². The summed E-state index contributed by atoms with van der Waals surface area (Å²) in [6, 6.07) is 158. The number of hydrogen-bond donors (Lipinski definition) is 0. The number of pyridine rings is 3. The average molecular weight is 1710 g/mol. The van der Waals surface area contributed by atoms with Crippen LogP contribution in [-0.2, 0) is 0 Å². The van der Waals surface area contributed by atoms with Crippen LogP contribution in [0.25, 0.3) is 253 Å². The lowest BCUT2D eigenvalue weighted by Crippen LogP contribution is -1.95. The summed E-state index contributed by atoms with van der Waals surface area (Å²) in [5.74, 6) is 1.45. The maximum absolute atomic E-state index is 5.19. The fourth-order valence-corrected chi connectivity index (χ4v) is 20.1. The standard InChI is InChI=1S/C43H27N3.C41H25N3S.C39H25N3/c1-2-10-29(11-3-1)42-43(46-40-18-7-6-17-39(40)45-42)31-21-19-28(20-22-31)32-25-26-36(34-14-5-4-13-33(32)34)35-15-8-16-38-37(35)24-23-30-12-9-27-44-41(30)38;1-2-10-26(11-3-1)38-40-39(35-17-4-5-20-36(35)45-40)44-41(43-38)31-15-7-13-29(25-31)28-12-6-14-30(24-28)32-18-8-19-34-33(32)22-21-27-16-9-23-42-37(27)34;1-2-10-26(11-3-1)38-35-17-4-5-20-36(35)41-39(42-38)31-15-7-13-29(25-31)28-12-6-14-30(24-28)32-18-8-19-34-33(32)22-21-27-16-9-23-40-37(27)34/h1-27H;1-25H;1-25H. The van der Waals surface area contributed by atoms with E-state index >= 15 is 0 Å². The van der Waals surface area contributed by atoms with Gasteiger partial charge in [0.25, 0.3) is 0 Å². The fraction of sp³-hybridized carbons (Fsp3) is 0. The second-order valence-electron chi connectivity index (χ2n) is 33.3. The predicted octanol–water partition coefficient (Wildman–Crippen LogP) is 32.4. The van der Waals surface area contributed by atoms with Gasteiger partial charge in [0.15, 0.2) is 11.6 Å². The Labute approximate surface area is 770 Å². The van der Waals surface area contributed by atoms with Gasteiger partial charge in [0.05, 0.1) is 66.1 Å². The summed E-state index contributed by atoms with van der Waals surface area (Å²) >= 11 is 1.76. The molecular formula is C123H77N9S. The van der Waals surface area contributed by atoms with E-state index in [-0.39, 0.29) is 0 Å². The molecule has 133 heavy (non-hydrogen) atoms. The second-order valence-corrected chi connectivity index (χ2v) is 34.4. The van der Waals surface area contributed by atoms with Crippen molar-refractivity contribution in [2.45, 2.75) is 0 Å². The molecule has 19 aromatic carbocycles. The highest BCUT2D eigenvalue weighted by atomic mass is 32.1. The van der Waals surface area contributed by atoms with Gasteiger partial charge in [0, 0.05) is 99.8 Å². The van der Waals surface area contributed by atoms with Crippen LogP contribution in [0.15, 0.2) is 468 Å². The first-order valence-corrected chi connectivity index (χ1v) is 45.5. The van der Waals surface area contributed by atoms with Crippen molar-refractivity contribution in [1.29, 1.82) is 0 Å². The Hall–Kier alpha value is -17.6. The van der Waals surface area contributed by atoms with E-state index in [1.807, 2.05) is 104 Å². The number of para-hydroxylation sites is 3. The molecule has 0 N–H and O–H groups in total. The Kier molecular flexibility index (Phi) is 20.3. The van der Waals surface area contributed by atoms with Gasteiger partial charge in [0.2, 0.25) is 0 Å². The summed E-state index contributed by atoms with van der Waals surface area (Å²) in [6.45, 7) is 0. The summed E-state index contributed by atoms with van der Waals surface area (Å²) in [4.78, 5) is 44.7. The topological polar surface area (TPSA) is 116 Å². The fourth-order valence-electron chi connectivity index (χ4n) is 19.0. The highest BCUT2D eigenvalue weighted by molar-refractivity contribution is 7.26. The lowest BCUT2D eigenvalue weighted by atomic mass is 9.89. The van der Waals surface area contributed by atoms with Crippen molar-refractivity contribution in [2.75, 3.05) is 0 Å². The Balaban J connectivity index is 0.000000110. The zero-order valence-electron chi connectivity index (χ0n) is 71.9. The van der Waals surface area contributed by atoms with Crippen molar-refractivity contribution in [3.8, 4) is 135 Å². The highest BCUT2D eigenvalue weighted by Crippen LogP contribution is 2.46. The molecule has 0 radical (unpaired) electrons. The van der Waals surface area contributed by atoms with Crippen LogP contribution in [-0.4, -0.2) is 44.9 Å². The zero-order valence-corrected chi connectivity index (χ0v) is 72.7. The number of aromatic nitrogens is 9. The zero-order chi connectivity index (χ0) is 88.1. The first kappa shape index (κ1) is 78.9. The van der Waals surface area contributed by atoms with Crippen molar-refractivity contribution < 1.29 is 0 Å². The molecule has 0 spiro atoms.